The number of aliphatic hydroxyl groups excluding tert-OH is 1. The lowest BCUT2D eigenvalue weighted by Crippen LogP contribution is -2.50. The summed E-state index contributed by atoms with van der Waals surface area (Å²) in [7, 11) is 0. The van der Waals surface area contributed by atoms with Gasteiger partial charge in [0.15, 0.2) is 0 Å². The first-order valence-corrected chi connectivity index (χ1v) is 14.0. The van der Waals surface area contributed by atoms with E-state index in [1.54, 1.807) is 24.3 Å². The number of amides is 1. The van der Waals surface area contributed by atoms with Crippen molar-refractivity contribution < 1.29 is 18.7 Å². The molecule has 0 bridgehead atoms. The number of nitrogens with one attached hydrogen (secondary N) is 2. The van der Waals surface area contributed by atoms with Gasteiger partial charge in [-0.2, -0.15) is 0 Å². The highest BCUT2D eigenvalue weighted by Gasteiger charge is 2.37. The maximum Gasteiger partial charge on any atom is 0.230 e. The number of carbonyl (C=O) groups excluding carboxylic acids is 1. The van der Waals surface area contributed by atoms with E-state index in [0.717, 1.165) is 37.3 Å². The Labute approximate surface area is 236 Å². The molecule has 4 rings (SSSR count). The quantitative estimate of drug-likeness (QED) is 0.252. The van der Waals surface area contributed by atoms with Gasteiger partial charge in [-0.25, -0.2) is 8.78 Å². The van der Waals surface area contributed by atoms with Crippen LogP contribution in [0.1, 0.15) is 63.1 Å². The van der Waals surface area contributed by atoms with Crippen LogP contribution in [0.4, 0.5) is 14.5 Å². The molecule has 1 aliphatic carbocycles. The summed E-state index contributed by atoms with van der Waals surface area (Å²) < 4.78 is 28.0. The third-order valence-electron chi connectivity index (χ3n) is 7.96. The van der Waals surface area contributed by atoms with E-state index in [-0.39, 0.29) is 18.4 Å². The topological polar surface area (TPSA) is 61.4 Å². The second-order valence-electron chi connectivity index (χ2n) is 12.1. The molecule has 0 radical (unpaired) electrons. The van der Waals surface area contributed by atoms with E-state index in [9.17, 15) is 18.7 Å². The van der Waals surface area contributed by atoms with E-state index in [2.05, 4.69) is 62.2 Å². The second-order valence-corrected chi connectivity index (χ2v) is 12.1. The van der Waals surface area contributed by atoms with Gasteiger partial charge in [-0.1, -0.05) is 75.4 Å². The molecule has 40 heavy (non-hydrogen) atoms. The van der Waals surface area contributed by atoms with Crippen LogP contribution in [0.25, 0.3) is 0 Å². The minimum absolute atomic E-state index is 0.0144. The monoisotopic (exact) mass is 546 g/mol. The molecule has 6 heteroatoms. The van der Waals surface area contributed by atoms with Gasteiger partial charge in [-0.3, -0.25) is 4.79 Å². The Bertz CT molecular complexity index is 1300. The number of benzene rings is 3. The molecule has 212 valence electrons. The van der Waals surface area contributed by atoms with Gasteiger partial charge in [0.1, 0.15) is 11.6 Å². The third kappa shape index (κ3) is 7.43. The molecular formula is C34H40F2N2O2. The van der Waals surface area contributed by atoms with Crippen molar-refractivity contribution in [2.75, 3.05) is 11.9 Å². The summed E-state index contributed by atoms with van der Waals surface area (Å²) in [4.78, 5) is 13.4. The standard InChI is InChI=1S/C34H40F2N2O2/c1-23-13-15-34(16-14-23,26-10-8-9-25(20-26)33(2,3)4)37-22-31(39)30(19-24-17-27(35)21-28(36)18-24)32(40)38-29-11-6-5-7-12-29/h5-12,17-18,20-21,30-31,37,39H,1,13-16,19,22H2,2-4H3,(H,38,40). The first-order chi connectivity index (χ1) is 18.9. The number of hydrogen-bond acceptors (Lipinski definition) is 3. The zero-order chi connectivity index (χ0) is 28.9. The lowest BCUT2D eigenvalue weighted by Gasteiger charge is -2.41. The molecule has 1 fully saturated rings. The van der Waals surface area contributed by atoms with Crippen molar-refractivity contribution in [2.24, 2.45) is 5.92 Å². The summed E-state index contributed by atoms with van der Waals surface area (Å²) in [5.41, 5.74) is 4.07. The van der Waals surface area contributed by atoms with Crippen molar-refractivity contribution in [1.82, 2.24) is 5.32 Å². The average molecular weight is 547 g/mol. The van der Waals surface area contributed by atoms with Crippen molar-refractivity contribution in [3.05, 3.63) is 113 Å². The normalized spacial score (nSPS) is 16.8. The smallest absolute Gasteiger partial charge is 0.230 e. The molecule has 1 aliphatic rings. The minimum atomic E-state index is -1.11. The van der Waals surface area contributed by atoms with E-state index in [4.69, 9.17) is 0 Å². The Hall–Kier alpha value is -3.35. The van der Waals surface area contributed by atoms with Crippen LogP contribution in [-0.4, -0.2) is 23.7 Å². The van der Waals surface area contributed by atoms with E-state index < -0.39 is 35.1 Å². The number of hydrogen-bond donors (Lipinski definition) is 3. The molecule has 1 saturated carbocycles. The predicted octanol–water partition coefficient (Wildman–Crippen LogP) is 7.04. The van der Waals surface area contributed by atoms with Crippen LogP contribution in [0.5, 0.6) is 0 Å². The fourth-order valence-corrected chi connectivity index (χ4v) is 5.47. The van der Waals surface area contributed by atoms with E-state index in [1.807, 2.05) is 6.07 Å². The average Bonchev–Trinajstić information content (AvgIpc) is 2.91. The van der Waals surface area contributed by atoms with Gasteiger partial charge >= 0.3 is 0 Å². The summed E-state index contributed by atoms with van der Waals surface area (Å²) in [6.07, 6.45) is 2.25. The highest BCUT2D eigenvalue weighted by molar-refractivity contribution is 5.93. The van der Waals surface area contributed by atoms with Gasteiger partial charge in [-0.05, 0) is 78.5 Å². The Balaban J connectivity index is 1.60. The predicted molar refractivity (Wildman–Crippen MR) is 157 cm³/mol. The molecule has 2 unspecified atom stereocenters. The Kier molecular flexibility index (Phi) is 9.22. The van der Waals surface area contributed by atoms with E-state index in [0.29, 0.717) is 11.3 Å². The van der Waals surface area contributed by atoms with Crippen LogP contribution in [0, 0.1) is 17.6 Å². The number of aliphatic hydroxyl groups is 1. The SMILES string of the molecule is C=C1CCC(NCC(O)C(Cc2cc(F)cc(F)c2)C(=O)Nc2ccccc2)(c2cccc(C(C)(C)C)c2)CC1. The number of halogens is 2. The molecule has 3 aromatic carbocycles. The van der Waals surface area contributed by atoms with Gasteiger partial charge < -0.3 is 15.7 Å². The molecule has 0 saturated heterocycles. The van der Waals surface area contributed by atoms with E-state index in [1.165, 1.54) is 23.3 Å². The summed E-state index contributed by atoms with van der Waals surface area (Å²) in [6.45, 7) is 10.9. The largest absolute Gasteiger partial charge is 0.391 e. The van der Waals surface area contributed by atoms with Crippen molar-refractivity contribution in [3.8, 4) is 0 Å². The van der Waals surface area contributed by atoms with Crippen LogP contribution >= 0.6 is 0 Å². The highest BCUT2D eigenvalue weighted by Crippen LogP contribution is 2.40. The zero-order valence-electron chi connectivity index (χ0n) is 23.6. The first kappa shape index (κ1) is 29.6. The van der Waals surface area contributed by atoms with Crippen LogP contribution in [0.15, 0.2) is 84.9 Å². The number of allylic oxidation sites excluding steroid dienone is 1. The van der Waals surface area contributed by atoms with Crippen LogP contribution < -0.4 is 10.6 Å². The lowest BCUT2D eigenvalue weighted by molar-refractivity contribution is -0.123. The molecule has 1 amide bonds. The summed E-state index contributed by atoms with van der Waals surface area (Å²) >= 11 is 0. The number of para-hydroxylation sites is 1. The molecule has 0 aromatic heterocycles. The van der Waals surface area contributed by atoms with Gasteiger partial charge in [0.2, 0.25) is 5.91 Å². The molecule has 0 aliphatic heterocycles. The van der Waals surface area contributed by atoms with Gasteiger partial charge in [-0.15, -0.1) is 0 Å². The fraction of sp³-hybridized carbons (Fsp3) is 0.382. The Morgan fingerprint density at radius 2 is 1.62 bits per heavy atom. The Morgan fingerprint density at radius 1 is 0.975 bits per heavy atom. The van der Waals surface area contributed by atoms with Crippen molar-refractivity contribution >= 4 is 11.6 Å². The highest BCUT2D eigenvalue weighted by atomic mass is 19.1. The third-order valence-corrected chi connectivity index (χ3v) is 7.96. The van der Waals surface area contributed by atoms with Crippen molar-refractivity contribution in [1.29, 1.82) is 0 Å². The van der Waals surface area contributed by atoms with Gasteiger partial charge in [0.25, 0.3) is 0 Å². The van der Waals surface area contributed by atoms with Crippen molar-refractivity contribution in [3.63, 3.8) is 0 Å². The Morgan fingerprint density at radius 3 is 2.25 bits per heavy atom. The van der Waals surface area contributed by atoms with Crippen LogP contribution in [0.3, 0.4) is 0 Å². The maximum atomic E-state index is 14.0. The van der Waals surface area contributed by atoms with Crippen LogP contribution in [-0.2, 0) is 22.2 Å². The van der Waals surface area contributed by atoms with Crippen molar-refractivity contribution in [2.45, 2.75) is 69.9 Å². The van der Waals surface area contributed by atoms with E-state index >= 15 is 0 Å². The van der Waals surface area contributed by atoms with Crippen LogP contribution in [0.2, 0.25) is 0 Å². The molecule has 0 heterocycles. The summed E-state index contributed by atoms with van der Waals surface area (Å²) in [5.74, 6) is -2.79. The molecule has 3 N–H and O–H groups in total. The fourth-order valence-electron chi connectivity index (χ4n) is 5.47. The number of anilines is 1. The molecular weight excluding hydrogens is 506 g/mol. The lowest BCUT2D eigenvalue weighted by atomic mass is 9.73. The number of carbonyl (C=O) groups is 1. The summed E-state index contributed by atoms with van der Waals surface area (Å²) in [5, 5.41) is 18.0. The van der Waals surface area contributed by atoms with Gasteiger partial charge in [0.05, 0.1) is 12.0 Å². The molecule has 0 spiro atoms. The first-order valence-electron chi connectivity index (χ1n) is 14.0. The molecule has 4 nitrogen and oxygen atoms in total. The zero-order valence-corrected chi connectivity index (χ0v) is 23.6. The minimum Gasteiger partial charge on any atom is -0.391 e. The molecule has 2 atom stereocenters. The number of rotatable bonds is 9. The summed E-state index contributed by atoms with van der Waals surface area (Å²) in [6, 6.07) is 20.7. The molecule has 3 aromatic rings. The maximum absolute atomic E-state index is 14.0. The second kappa shape index (κ2) is 12.4. The van der Waals surface area contributed by atoms with Gasteiger partial charge in [0, 0.05) is 23.8 Å².